The molecule has 1 aromatic carbocycles. The monoisotopic (exact) mass is 279 g/mol. The maximum atomic E-state index is 11.7. The van der Waals surface area contributed by atoms with Gasteiger partial charge >= 0.3 is 12.0 Å². The molecular weight excluding hydrogens is 262 g/mol. The molecular formula is C13H17N3O4. The minimum Gasteiger partial charge on any atom is -0.480 e. The van der Waals surface area contributed by atoms with Crippen molar-refractivity contribution in [2.75, 3.05) is 24.5 Å². The van der Waals surface area contributed by atoms with Crippen LogP contribution in [-0.2, 0) is 9.59 Å². The van der Waals surface area contributed by atoms with Crippen LogP contribution < -0.4 is 15.5 Å². The molecule has 0 saturated heterocycles. The lowest BCUT2D eigenvalue weighted by Gasteiger charge is -2.21. The van der Waals surface area contributed by atoms with E-state index < -0.39 is 17.9 Å². The summed E-state index contributed by atoms with van der Waals surface area (Å²) in [6.45, 7) is 1.58. The van der Waals surface area contributed by atoms with Gasteiger partial charge in [0.2, 0.25) is 5.91 Å². The molecule has 1 rings (SSSR count). The van der Waals surface area contributed by atoms with Crippen molar-refractivity contribution in [3.63, 3.8) is 0 Å². The topological polar surface area (TPSA) is 98.7 Å². The molecule has 3 N–H and O–H groups in total. The number of imide groups is 1. The number of carbonyl (C=O) groups excluding carboxylic acids is 2. The van der Waals surface area contributed by atoms with Crippen molar-refractivity contribution in [2.24, 2.45) is 0 Å². The number of anilines is 1. The number of urea groups is 1. The number of rotatable bonds is 6. The van der Waals surface area contributed by atoms with E-state index in [0.717, 1.165) is 0 Å². The second kappa shape index (κ2) is 7.78. The van der Waals surface area contributed by atoms with Crippen LogP contribution in [0.25, 0.3) is 0 Å². The van der Waals surface area contributed by atoms with Crippen molar-refractivity contribution in [3.05, 3.63) is 30.3 Å². The average Bonchev–Trinajstić information content (AvgIpc) is 2.38. The maximum absolute atomic E-state index is 11.7. The molecule has 0 radical (unpaired) electrons. The Bertz CT molecular complexity index is 476. The summed E-state index contributed by atoms with van der Waals surface area (Å²) in [7, 11) is 0. The van der Waals surface area contributed by atoms with E-state index in [1.165, 1.54) is 4.90 Å². The number of hydrogen-bond donors (Lipinski definition) is 3. The van der Waals surface area contributed by atoms with Gasteiger partial charge in [-0.3, -0.25) is 14.9 Å². The van der Waals surface area contributed by atoms with Gasteiger partial charge in [0, 0.05) is 12.2 Å². The van der Waals surface area contributed by atoms with Crippen LogP contribution in [0, 0.1) is 0 Å². The molecule has 0 saturated carbocycles. The van der Waals surface area contributed by atoms with Crippen LogP contribution in [0.3, 0.4) is 0 Å². The van der Waals surface area contributed by atoms with E-state index in [0.29, 0.717) is 12.2 Å². The molecule has 0 aromatic heterocycles. The molecule has 0 unspecified atom stereocenters. The minimum absolute atomic E-state index is 0.215. The lowest BCUT2D eigenvalue weighted by molar-refractivity contribution is -0.135. The van der Waals surface area contributed by atoms with Gasteiger partial charge in [-0.05, 0) is 19.1 Å². The Kier molecular flexibility index (Phi) is 6.02. The molecule has 0 spiro atoms. The van der Waals surface area contributed by atoms with Gasteiger partial charge in [0.25, 0.3) is 0 Å². The zero-order valence-electron chi connectivity index (χ0n) is 11.1. The van der Waals surface area contributed by atoms with Crippen molar-refractivity contribution in [3.8, 4) is 0 Å². The first kappa shape index (κ1) is 15.5. The Hall–Kier alpha value is -2.57. The standard InChI is InChI=1S/C13H17N3O4/c1-2-14-13(20)15-11(17)8-16(9-12(18)19)10-6-4-3-5-7-10/h3-7H,2,8-9H2,1H3,(H,18,19)(H2,14,15,17,20). The number of benzene rings is 1. The summed E-state index contributed by atoms with van der Waals surface area (Å²) in [6, 6.07) is 8.07. The number of nitrogens with zero attached hydrogens (tertiary/aromatic N) is 1. The largest absolute Gasteiger partial charge is 0.480 e. The summed E-state index contributed by atoms with van der Waals surface area (Å²) < 4.78 is 0. The zero-order valence-corrected chi connectivity index (χ0v) is 11.1. The highest BCUT2D eigenvalue weighted by Crippen LogP contribution is 2.12. The first-order valence-electron chi connectivity index (χ1n) is 6.12. The van der Waals surface area contributed by atoms with Crippen LogP contribution in [0.15, 0.2) is 30.3 Å². The van der Waals surface area contributed by atoms with Crippen molar-refractivity contribution < 1.29 is 19.5 Å². The first-order chi connectivity index (χ1) is 9.52. The molecule has 0 aliphatic rings. The van der Waals surface area contributed by atoms with Crippen LogP contribution in [-0.4, -0.2) is 42.6 Å². The third-order valence-corrected chi connectivity index (χ3v) is 2.37. The van der Waals surface area contributed by atoms with Crippen LogP contribution in [0.1, 0.15) is 6.92 Å². The molecule has 0 aliphatic carbocycles. The van der Waals surface area contributed by atoms with Gasteiger partial charge in [-0.15, -0.1) is 0 Å². The summed E-state index contributed by atoms with van der Waals surface area (Å²) in [5.74, 6) is -1.62. The molecule has 0 atom stereocenters. The fraction of sp³-hybridized carbons (Fsp3) is 0.308. The van der Waals surface area contributed by atoms with E-state index >= 15 is 0 Å². The molecule has 0 fully saturated rings. The maximum Gasteiger partial charge on any atom is 0.323 e. The third kappa shape index (κ3) is 5.38. The normalized spacial score (nSPS) is 9.65. The molecule has 7 nitrogen and oxygen atoms in total. The van der Waals surface area contributed by atoms with Crippen LogP contribution in [0.2, 0.25) is 0 Å². The van der Waals surface area contributed by atoms with Crippen LogP contribution in [0.4, 0.5) is 10.5 Å². The number of carboxylic acids is 1. The lowest BCUT2D eigenvalue weighted by atomic mass is 10.3. The van der Waals surface area contributed by atoms with E-state index in [4.69, 9.17) is 5.11 Å². The van der Waals surface area contributed by atoms with Gasteiger partial charge in [0.1, 0.15) is 6.54 Å². The summed E-state index contributed by atoms with van der Waals surface area (Å²) in [4.78, 5) is 35.1. The van der Waals surface area contributed by atoms with E-state index in [9.17, 15) is 14.4 Å². The highest BCUT2D eigenvalue weighted by Gasteiger charge is 2.16. The predicted octanol–water partition coefficient (Wildman–Crippen LogP) is 0.423. The number of carbonyl (C=O) groups is 3. The third-order valence-electron chi connectivity index (χ3n) is 2.37. The van der Waals surface area contributed by atoms with Crippen LogP contribution >= 0.6 is 0 Å². The number of para-hydroxylation sites is 1. The fourth-order valence-electron chi connectivity index (χ4n) is 1.58. The highest BCUT2D eigenvalue weighted by atomic mass is 16.4. The van der Waals surface area contributed by atoms with Gasteiger partial charge in [0.15, 0.2) is 0 Å². The van der Waals surface area contributed by atoms with Crippen molar-refractivity contribution >= 4 is 23.6 Å². The Balaban J connectivity index is 2.68. The summed E-state index contributed by atoms with van der Waals surface area (Å²) in [6.07, 6.45) is 0. The number of carboxylic acid groups (broad SMARTS) is 1. The second-order valence-electron chi connectivity index (χ2n) is 3.99. The summed E-state index contributed by atoms with van der Waals surface area (Å²) in [5.41, 5.74) is 0.598. The van der Waals surface area contributed by atoms with Crippen molar-refractivity contribution in [2.45, 2.75) is 6.92 Å². The Labute approximate surface area is 116 Å². The van der Waals surface area contributed by atoms with E-state index in [2.05, 4.69) is 10.6 Å². The van der Waals surface area contributed by atoms with Crippen molar-refractivity contribution in [1.29, 1.82) is 0 Å². The number of amides is 3. The zero-order chi connectivity index (χ0) is 15.0. The first-order valence-corrected chi connectivity index (χ1v) is 6.12. The highest BCUT2D eigenvalue weighted by molar-refractivity contribution is 5.96. The number of aliphatic carboxylic acids is 1. The molecule has 0 aliphatic heterocycles. The van der Waals surface area contributed by atoms with E-state index in [-0.39, 0.29) is 13.1 Å². The molecule has 1 aromatic rings. The van der Waals surface area contributed by atoms with Crippen molar-refractivity contribution in [1.82, 2.24) is 10.6 Å². The van der Waals surface area contributed by atoms with Gasteiger partial charge in [-0.2, -0.15) is 0 Å². The molecule has 3 amide bonds. The summed E-state index contributed by atoms with van der Waals surface area (Å²) >= 11 is 0. The smallest absolute Gasteiger partial charge is 0.323 e. The minimum atomic E-state index is -1.06. The molecule has 0 heterocycles. The van der Waals surface area contributed by atoms with Crippen LogP contribution in [0.5, 0.6) is 0 Å². The van der Waals surface area contributed by atoms with E-state index in [1.807, 2.05) is 0 Å². The SMILES string of the molecule is CCNC(=O)NC(=O)CN(CC(=O)O)c1ccccc1. The van der Waals surface area contributed by atoms with Gasteiger partial charge < -0.3 is 15.3 Å². The van der Waals surface area contributed by atoms with Gasteiger partial charge in [-0.1, -0.05) is 18.2 Å². The van der Waals surface area contributed by atoms with Gasteiger partial charge in [0.05, 0.1) is 6.54 Å². The molecule has 0 bridgehead atoms. The summed E-state index contributed by atoms with van der Waals surface area (Å²) in [5, 5.41) is 13.4. The Morgan fingerprint density at radius 3 is 2.35 bits per heavy atom. The number of hydrogen-bond acceptors (Lipinski definition) is 4. The fourth-order valence-corrected chi connectivity index (χ4v) is 1.58. The molecule has 7 heteroatoms. The predicted molar refractivity (Wildman–Crippen MR) is 73.5 cm³/mol. The van der Waals surface area contributed by atoms with E-state index in [1.54, 1.807) is 37.3 Å². The average molecular weight is 279 g/mol. The van der Waals surface area contributed by atoms with Gasteiger partial charge in [-0.25, -0.2) is 4.79 Å². The Morgan fingerprint density at radius 2 is 1.80 bits per heavy atom. The quantitative estimate of drug-likeness (QED) is 0.701. The second-order valence-corrected chi connectivity index (χ2v) is 3.99. The number of nitrogens with one attached hydrogen (secondary N) is 2. The molecule has 20 heavy (non-hydrogen) atoms. The Morgan fingerprint density at radius 1 is 1.15 bits per heavy atom. The molecule has 108 valence electrons. The lowest BCUT2D eigenvalue weighted by Crippen LogP contribution is -2.45.